The van der Waals surface area contributed by atoms with Gasteiger partial charge in [0.2, 0.25) is 0 Å². The highest BCUT2D eigenvalue weighted by atomic mass is 35.5. The molecular weight excluding hydrogens is 250 g/mol. The van der Waals surface area contributed by atoms with E-state index in [1.807, 2.05) is 19.9 Å². The fourth-order valence-electron chi connectivity index (χ4n) is 2.14. The van der Waals surface area contributed by atoms with Gasteiger partial charge in [-0.3, -0.25) is 0 Å². The van der Waals surface area contributed by atoms with Crippen molar-refractivity contribution in [1.29, 1.82) is 0 Å². The summed E-state index contributed by atoms with van der Waals surface area (Å²) in [6.45, 7) is 6.08. The lowest BCUT2D eigenvalue weighted by molar-refractivity contribution is 0.351. The molecule has 18 heavy (non-hydrogen) atoms. The van der Waals surface area contributed by atoms with Crippen molar-refractivity contribution in [2.45, 2.75) is 39.2 Å². The number of halogens is 1. The maximum atomic E-state index is 6.23. The lowest BCUT2D eigenvalue weighted by Gasteiger charge is -2.23. The third kappa shape index (κ3) is 3.30. The minimum Gasteiger partial charge on any atom is -0.493 e. The molecule has 0 aliphatic carbocycles. The first-order chi connectivity index (χ1) is 8.34. The molecule has 0 spiro atoms. The van der Waals surface area contributed by atoms with E-state index in [2.05, 4.69) is 6.92 Å². The lowest BCUT2D eigenvalue weighted by Crippen LogP contribution is -2.34. The second-order valence-electron chi connectivity index (χ2n) is 5.08. The maximum absolute atomic E-state index is 6.23. The standard InChI is InChI=1S/C14H22ClNO2/c1-6-10-9(8-14(2,3)16)7-11(15)13(18-5)12(10)17-4/h7H,6,8,16H2,1-5H3. The van der Waals surface area contributed by atoms with Crippen LogP contribution >= 0.6 is 11.6 Å². The molecule has 0 heterocycles. The van der Waals surface area contributed by atoms with Crippen molar-refractivity contribution in [2.24, 2.45) is 5.73 Å². The van der Waals surface area contributed by atoms with Crippen LogP contribution in [0.5, 0.6) is 11.5 Å². The van der Waals surface area contributed by atoms with E-state index in [9.17, 15) is 0 Å². The molecule has 1 aromatic carbocycles. The van der Waals surface area contributed by atoms with Gasteiger partial charge in [0.15, 0.2) is 11.5 Å². The zero-order valence-corrected chi connectivity index (χ0v) is 12.5. The zero-order valence-electron chi connectivity index (χ0n) is 11.8. The molecular formula is C14H22ClNO2. The van der Waals surface area contributed by atoms with Crippen LogP contribution in [0.2, 0.25) is 5.02 Å². The number of nitrogens with two attached hydrogens (primary N) is 1. The molecule has 0 aromatic heterocycles. The van der Waals surface area contributed by atoms with Gasteiger partial charge in [0.1, 0.15) is 0 Å². The van der Waals surface area contributed by atoms with Crippen LogP contribution in [0.1, 0.15) is 31.9 Å². The Kier molecular flexibility index (Phi) is 4.88. The Morgan fingerprint density at radius 2 is 1.78 bits per heavy atom. The van der Waals surface area contributed by atoms with E-state index >= 15 is 0 Å². The van der Waals surface area contributed by atoms with Crippen molar-refractivity contribution in [3.8, 4) is 11.5 Å². The van der Waals surface area contributed by atoms with Crippen molar-refractivity contribution in [3.05, 3.63) is 22.2 Å². The summed E-state index contributed by atoms with van der Waals surface area (Å²) < 4.78 is 10.8. The van der Waals surface area contributed by atoms with Crippen LogP contribution in [0.3, 0.4) is 0 Å². The molecule has 0 fully saturated rings. The Balaban J connectivity index is 3.39. The Hall–Kier alpha value is -0.930. The summed E-state index contributed by atoms with van der Waals surface area (Å²) >= 11 is 6.23. The first-order valence-corrected chi connectivity index (χ1v) is 6.43. The topological polar surface area (TPSA) is 44.5 Å². The minimum atomic E-state index is -0.285. The number of hydrogen-bond acceptors (Lipinski definition) is 3. The fraction of sp³-hybridized carbons (Fsp3) is 0.571. The van der Waals surface area contributed by atoms with Gasteiger partial charge >= 0.3 is 0 Å². The Morgan fingerprint density at radius 1 is 1.22 bits per heavy atom. The first kappa shape index (κ1) is 15.1. The van der Waals surface area contributed by atoms with Gasteiger partial charge in [0.25, 0.3) is 0 Å². The molecule has 102 valence electrons. The number of ether oxygens (including phenoxy) is 2. The van der Waals surface area contributed by atoms with Gasteiger partial charge in [0, 0.05) is 11.1 Å². The van der Waals surface area contributed by atoms with Gasteiger partial charge in [0.05, 0.1) is 19.2 Å². The molecule has 0 bridgehead atoms. The van der Waals surface area contributed by atoms with Gasteiger partial charge in [-0.05, 0) is 38.3 Å². The molecule has 3 nitrogen and oxygen atoms in total. The molecule has 0 unspecified atom stereocenters. The van der Waals surface area contributed by atoms with Crippen LogP contribution in [-0.2, 0) is 12.8 Å². The van der Waals surface area contributed by atoms with Crippen LogP contribution in [0, 0.1) is 0 Å². The van der Waals surface area contributed by atoms with Gasteiger partial charge in [-0.15, -0.1) is 0 Å². The van der Waals surface area contributed by atoms with Crippen molar-refractivity contribution >= 4 is 11.6 Å². The van der Waals surface area contributed by atoms with Crippen molar-refractivity contribution < 1.29 is 9.47 Å². The number of rotatable bonds is 5. The summed E-state index contributed by atoms with van der Waals surface area (Å²) in [6, 6.07) is 1.93. The highest BCUT2D eigenvalue weighted by Gasteiger charge is 2.21. The van der Waals surface area contributed by atoms with Gasteiger partial charge < -0.3 is 15.2 Å². The van der Waals surface area contributed by atoms with Crippen LogP contribution in [0.4, 0.5) is 0 Å². The SMILES string of the molecule is CCc1c(CC(C)(C)N)cc(Cl)c(OC)c1OC. The molecule has 0 radical (unpaired) electrons. The Labute approximate surface area is 114 Å². The molecule has 0 amide bonds. The third-order valence-electron chi connectivity index (χ3n) is 2.79. The Morgan fingerprint density at radius 3 is 2.17 bits per heavy atom. The highest BCUT2D eigenvalue weighted by molar-refractivity contribution is 6.32. The first-order valence-electron chi connectivity index (χ1n) is 6.05. The molecule has 0 saturated heterocycles. The number of methoxy groups -OCH3 is 2. The Bertz CT molecular complexity index is 425. The van der Waals surface area contributed by atoms with E-state index in [-0.39, 0.29) is 5.54 Å². The molecule has 4 heteroatoms. The fourth-order valence-corrected chi connectivity index (χ4v) is 2.43. The lowest BCUT2D eigenvalue weighted by atomic mass is 9.91. The molecule has 0 aliphatic rings. The van der Waals surface area contributed by atoms with E-state index in [1.165, 1.54) is 0 Å². The second kappa shape index (κ2) is 5.81. The van der Waals surface area contributed by atoms with Crippen LogP contribution < -0.4 is 15.2 Å². The van der Waals surface area contributed by atoms with Crippen molar-refractivity contribution in [2.75, 3.05) is 14.2 Å². The summed E-state index contributed by atoms with van der Waals surface area (Å²) in [5, 5.41) is 0.561. The van der Waals surface area contributed by atoms with E-state index in [0.29, 0.717) is 16.5 Å². The predicted octanol–water partition coefficient (Wildman–Crippen LogP) is 3.20. The van der Waals surface area contributed by atoms with E-state index in [1.54, 1.807) is 14.2 Å². The molecule has 1 rings (SSSR count). The molecule has 1 aromatic rings. The summed E-state index contributed by atoms with van der Waals surface area (Å²) in [5.74, 6) is 1.31. The van der Waals surface area contributed by atoms with Crippen LogP contribution in [0.15, 0.2) is 6.07 Å². The normalized spacial score (nSPS) is 11.5. The molecule has 0 aliphatic heterocycles. The van der Waals surface area contributed by atoms with Crippen molar-refractivity contribution in [3.63, 3.8) is 0 Å². The van der Waals surface area contributed by atoms with E-state index in [4.69, 9.17) is 26.8 Å². The summed E-state index contributed by atoms with van der Waals surface area (Å²) in [6.07, 6.45) is 1.60. The van der Waals surface area contributed by atoms with Crippen molar-refractivity contribution in [1.82, 2.24) is 0 Å². The van der Waals surface area contributed by atoms with Crippen LogP contribution in [0.25, 0.3) is 0 Å². The quantitative estimate of drug-likeness (QED) is 0.894. The molecule has 0 atom stereocenters. The minimum absolute atomic E-state index is 0.285. The average molecular weight is 272 g/mol. The smallest absolute Gasteiger partial charge is 0.179 e. The maximum Gasteiger partial charge on any atom is 0.179 e. The summed E-state index contributed by atoms with van der Waals surface area (Å²) in [7, 11) is 3.22. The predicted molar refractivity (Wildman–Crippen MR) is 75.9 cm³/mol. The monoisotopic (exact) mass is 271 g/mol. The van der Waals surface area contributed by atoms with E-state index in [0.717, 1.165) is 24.0 Å². The number of hydrogen-bond donors (Lipinski definition) is 1. The average Bonchev–Trinajstić information content (AvgIpc) is 2.25. The highest BCUT2D eigenvalue weighted by Crippen LogP contribution is 2.41. The van der Waals surface area contributed by atoms with Gasteiger partial charge in [-0.2, -0.15) is 0 Å². The largest absolute Gasteiger partial charge is 0.493 e. The zero-order chi connectivity index (χ0) is 13.9. The second-order valence-corrected chi connectivity index (χ2v) is 5.49. The summed E-state index contributed by atoms with van der Waals surface area (Å²) in [4.78, 5) is 0. The van der Waals surface area contributed by atoms with Gasteiger partial charge in [-0.1, -0.05) is 18.5 Å². The molecule has 2 N–H and O–H groups in total. The van der Waals surface area contributed by atoms with Gasteiger partial charge in [-0.25, -0.2) is 0 Å². The summed E-state index contributed by atoms with van der Waals surface area (Å²) in [5.41, 5.74) is 8.03. The number of benzene rings is 1. The van der Waals surface area contributed by atoms with E-state index < -0.39 is 0 Å². The molecule has 0 saturated carbocycles. The van der Waals surface area contributed by atoms with Crippen LogP contribution in [-0.4, -0.2) is 19.8 Å². The third-order valence-corrected chi connectivity index (χ3v) is 3.07.